The van der Waals surface area contributed by atoms with Gasteiger partial charge in [-0.3, -0.25) is 4.79 Å². The van der Waals surface area contributed by atoms with Crippen LogP contribution in [0.25, 0.3) is 22.3 Å². The fourth-order valence-electron chi connectivity index (χ4n) is 4.47. The molecule has 0 saturated heterocycles. The van der Waals surface area contributed by atoms with Crippen LogP contribution in [0.5, 0.6) is 11.5 Å². The van der Waals surface area contributed by atoms with E-state index in [9.17, 15) is 32.3 Å². The van der Waals surface area contributed by atoms with Gasteiger partial charge >= 0.3 is 5.97 Å². The number of rotatable bonds is 14. The maximum absolute atomic E-state index is 14.9. The summed E-state index contributed by atoms with van der Waals surface area (Å²) in [5.74, 6) is -4.57. The first kappa shape index (κ1) is 31.1. The van der Waals surface area contributed by atoms with Crippen molar-refractivity contribution in [2.75, 3.05) is 19.8 Å². The molecule has 1 amide bonds. The van der Waals surface area contributed by atoms with Crippen molar-refractivity contribution in [3.8, 4) is 33.8 Å². The maximum Gasteiger partial charge on any atom is 0.341 e. The lowest BCUT2D eigenvalue weighted by Gasteiger charge is -2.18. The van der Waals surface area contributed by atoms with Crippen LogP contribution in [0.4, 0.5) is 17.6 Å². The summed E-state index contributed by atoms with van der Waals surface area (Å²) in [5, 5.41) is 12.0. The summed E-state index contributed by atoms with van der Waals surface area (Å²) in [7, 11) is 0. The number of hydrogen-bond donors (Lipinski definition) is 2. The highest BCUT2D eigenvalue weighted by atomic mass is 19.1. The van der Waals surface area contributed by atoms with Crippen LogP contribution in [0.1, 0.15) is 36.0 Å². The number of ether oxygens (including phenoxy) is 2. The number of halogens is 4. The van der Waals surface area contributed by atoms with Gasteiger partial charge in [-0.2, -0.15) is 0 Å². The molecule has 0 aliphatic heterocycles. The van der Waals surface area contributed by atoms with Crippen molar-refractivity contribution in [2.24, 2.45) is 0 Å². The number of nitrogens with one attached hydrogen (secondary N) is 1. The van der Waals surface area contributed by atoms with Gasteiger partial charge in [0, 0.05) is 40.4 Å². The third-order valence-corrected chi connectivity index (χ3v) is 6.53. The van der Waals surface area contributed by atoms with E-state index in [-0.39, 0.29) is 45.9 Å². The van der Waals surface area contributed by atoms with Gasteiger partial charge in [-0.1, -0.05) is 49.2 Å². The van der Waals surface area contributed by atoms with E-state index >= 15 is 0 Å². The number of carboxylic acid groups (broad SMARTS) is 1. The zero-order chi connectivity index (χ0) is 30.8. The Morgan fingerprint density at radius 3 is 1.86 bits per heavy atom. The molecule has 4 aromatic carbocycles. The molecule has 0 fully saturated rings. The molecule has 0 aliphatic carbocycles. The average Bonchev–Trinajstić information content (AvgIpc) is 2.98. The van der Waals surface area contributed by atoms with Gasteiger partial charge in [-0.05, 0) is 49.2 Å². The summed E-state index contributed by atoms with van der Waals surface area (Å²) in [5.41, 5.74) is 0.412. The molecule has 0 spiro atoms. The second-order valence-corrected chi connectivity index (χ2v) is 9.64. The van der Waals surface area contributed by atoms with E-state index in [1.54, 1.807) is 12.1 Å². The monoisotopic (exact) mass is 595 g/mol. The largest absolute Gasteiger partial charge is 0.491 e. The molecule has 4 aromatic rings. The molecule has 6 nitrogen and oxygen atoms in total. The third kappa shape index (κ3) is 8.34. The van der Waals surface area contributed by atoms with Crippen LogP contribution >= 0.6 is 0 Å². The topological polar surface area (TPSA) is 84.9 Å². The minimum absolute atomic E-state index is 0.0162. The van der Waals surface area contributed by atoms with Gasteiger partial charge in [-0.15, -0.1) is 0 Å². The van der Waals surface area contributed by atoms with Crippen LogP contribution in [0.2, 0.25) is 0 Å². The molecule has 10 heteroatoms. The van der Waals surface area contributed by atoms with Crippen molar-refractivity contribution >= 4 is 11.9 Å². The summed E-state index contributed by atoms with van der Waals surface area (Å²) in [4.78, 5) is 24.5. The number of hydrogen-bond acceptors (Lipinski definition) is 4. The maximum atomic E-state index is 14.9. The molecular formula is C33H29F4NO5. The Labute approximate surface area is 245 Å². The lowest BCUT2D eigenvalue weighted by Crippen LogP contribution is -2.24. The van der Waals surface area contributed by atoms with E-state index in [4.69, 9.17) is 9.47 Å². The first-order valence-electron chi connectivity index (χ1n) is 13.6. The molecule has 0 heterocycles. The van der Waals surface area contributed by atoms with Crippen LogP contribution in [-0.2, 0) is 4.79 Å². The number of unbranched alkanes of at least 4 members (excludes halogenated alkanes) is 3. The van der Waals surface area contributed by atoms with Crippen molar-refractivity contribution in [3.05, 3.63) is 108 Å². The normalized spacial score (nSPS) is 10.8. The Morgan fingerprint density at radius 1 is 0.674 bits per heavy atom. The molecule has 0 radical (unpaired) electrons. The van der Waals surface area contributed by atoms with Crippen molar-refractivity contribution in [2.45, 2.75) is 25.7 Å². The first-order chi connectivity index (χ1) is 20.7. The number of benzene rings is 4. The lowest BCUT2D eigenvalue weighted by atomic mass is 9.93. The molecule has 0 aromatic heterocycles. The summed E-state index contributed by atoms with van der Waals surface area (Å²) in [6.45, 7) is -0.200. The predicted octanol–water partition coefficient (Wildman–Crippen LogP) is 7.41. The van der Waals surface area contributed by atoms with Gasteiger partial charge in [0.1, 0.15) is 23.2 Å². The molecule has 0 atom stereocenters. The van der Waals surface area contributed by atoms with Crippen LogP contribution in [0, 0.1) is 23.3 Å². The SMILES string of the molecule is O=C(O)COc1c(-c2ccccc2F)cc(C(=O)NCCCCCCOc2ccc(F)cc2F)cc1-c1ccccc1F. The fourth-order valence-corrected chi connectivity index (χ4v) is 4.47. The molecule has 2 N–H and O–H groups in total. The minimum atomic E-state index is -1.28. The van der Waals surface area contributed by atoms with Gasteiger partial charge in [-0.25, -0.2) is 22.4 Å². The van der Waals surface area contributed by atoms with Gasteiger partial charge in [0.25, 0.3) is 5.91 Å². The average molecular weight is 596 g/mol. The van der Waals surface area contributed by atoms with E-state index in [2.05, 4.69) is 5.32 Å². The third-order valence-electron chi connectivity index (χ3n) is 6.53. The first-order valence-corrected chi connectivity index (χ1v) is 13.6. The number of carboxylic acids is 1. The summed E-state index contributed by atoms with van der Waals surface area (Å²) in [6, 6.07) is 17.4. The molecule has 0 bridgehead atoms. The van der Waals surface area contributed by atoms with Crippen molar-refractivity contribution in [1.29, 1.82) is 0 Å². The fraction of sp³-hybridized carbons (Fsp3) is 0.212. The van der Waals surface area contributed by atoms with E-state index in [0.29, 0.717) is 19.4 Å². The second-order valence-electron chi connectivity index (χ2n) is 9.64. The molecule has 43 heavy (non-hydrogen) atoms. The van der Waals surface area contributed by atoms with Gasteiger partial charge in [0.05, 0.1) is 6.61 Å². The Balaban J connectivity index is 1.47. The summed E-state index contributed by atoms with van der Waals surface area (Å²) >= 11 is 0. The molecule has 0 aliphatic rings. The van der Waals surface area contributed by atoms with Crippen molar-refractivity contribution < 1.29 is 41.7 Å². The Kier molecular flexibility index (Phi) is 10.7. The van der Waals surface area contributed by atoms with Crippen LogP contribution in [0.3, 0.4) is 0 Å². The molecular weight excluding hydrogens is 566 g/mol. The Bertz CT molecular complexity index is 1530. The summed E-state index contributed by atoms with van der Waals surface area (Å²) in [6.07, 6.45) is 2.72. The Hall–Kier alpha value is -4.86. The van der Waals surface area contributed by atoms with Gasteiger partial charge in [0.2, 0.25) is 0 Å². The van der Waals surface area contributed by atoms with E-state index in [1.165, 1.54) is 54.6 Å². The van der Waals surface area contributed by atoms with Gasteiger partial charge in [0.15, 0.2) is 18.2 Å². The molecule has 0 unspecified atom stereocenters. The highest BCUT2D eigenvalue weighted by molar-refractivity contribution is 5.99. The highest BCUT2D eigenvalue weighted by Crippen LogP contribution is 2.42. The van der Waals surface area contributed by atoms with Crippen LogP contribution in [-0.4, -0.2) is 36.7 Å². The van der Waals surface area contributed by atoms with Crippen LogP contribution in [0.15, 0.2) is 78.9 Å². The van der Waals surface area contributed by atoms with E-state index in [1.807, 2.05) is 0 Å². The molecule has 0 saturated carbocycles. The zero-order valence-electron chi connectivity index (χ0n) is 23.0. The Morgan fingerprint density at radius 2 is 1.28 bits per heavy atom. The highest BCUT2D eigenvalue weighted by Gasteiger charge is 2.22. The lowest BCUT2D eigenvalue weighted by molar-refractivity contribution is -0.139. The summed E-state index contributed by atoms with van der Waals surface area (Å²) < 4.78 is 67.4. The van der Waals surface area contributed by atoms with Crippen LogP contribution < -0.4 is 14.8 Å². The quantitative estimate of drug-likeness (QED) is 0.117. The predicted molar refractivity (Wildman–Crippen MR) is 153 cm³/mol. The molecule has 4 rings (SSSR count). The van der Waals surface area contributed by atoms with Crippen molar-refractivity contribution in [1.82, 2.24) is 5.32 Å². The smallest absolute Gasteiger partial charge is 0.341 e. The standard InChI is InChI=1S/C33H29F4NO5/c34-22-13-14-30(29(37)19-22)42-16-8-2-1-7-15-38-33(41)21-17-25(23-9-3-5-11-27(23)35)32(43-20-31(39)40)26(18-21)24-10-4-6-12-28(24)36/h3-6,9-14,17-19H,1-2,7-8,15-16,20H2,(H,38,41)(H,39,40). The van der Waals surface area contributed by atoms with E-state index in [0.717, 1.165) is 25.0 Å². The zero-order valence-corrected chi connectivity index (χ0v) is 23.0. The number of carbonyl (C=O) groups is 2. The van der Waals surface area contributed by atoms with Crippen molar-refractivity contribution in [3.63, 3.8) is 0 Å². The van der Waals surface area contributed by atoms with E-state index < -0.39 is 41.8 Å². The number of aliphatic carboxylic acids is 1. The number of carbonyl (C=O) groups excluding carboxylic acids is 1. The second kappa shape index (κ2) is 14.9. The minimum Gasteiger partial charge on any atom is -0.491 e. The van der Waals surface area contributed by atoms with Gasteiger partial charge < -0.3 is 19.9 Å². The molecule has 224 valence electrons. The number of amides is 1.